The lowest BCUT2D eigenvalue weighted by Gasteiger charge is -1.99. The van der Waals surface area contributed by atoms with Gasteiger partial charge in [0, 0.05) is 6.54 Å². The van der Waals surface area contributed by atoms with Crippen molar-refractivity contribution in [2.75, 3.05) is 6.54 Å². The Labute approximate surface area is 84.0 Å². The van der Waals surface area contributed by atoms with E-state index in [4.69, 9.17) is 0 Å². The zero-order valence-corrected chi connectivity index (χ0v) is 9.59. The van der Waals surface area contributed by atoms with Gasteiger partial charge in [-0.25, -0.2) is 13.1 Å². The maximum atomic E-state index is 11.3. The van der Waals surface area contributed by atoms with E-state index in [2.05, 4.69) is 20.7 Å². The van der Waals surface area contributed by atoms with Crippen LogP contribution in [0.5, 0.6) is 0 Å². The van der Waals surface area contributed by atoms with Gasteiger partial charge >= 0.3 is 0 Å². The van der Waals surface area contributed by atoms with E-state index in [-0.39, 0.29) is 0 Å². The van der Waals surface area contributed by atoms with Gasteiger partial charge in [-0.05, 0) is 28.1 Å². The second-order valence-corrected chi connectivity index (χ2v) is 6.52. The average Bonchev–Trinajstić information content (AvgIpc) is 2.36. The molecule has 1 N–H and O–H groups in total. The smallest absolute Gasteiger partial charge is 0.211 e. The molecule has 0 amide bonds. The summed E-state index contributed by atoms with van der Waals surface area (Å²) in [6.07, 6.45) is 0. The first-order valence-corrected chi connectivity index (χ1v) is 6.40. The van der Waals surface area contributed by atoms with Crippen LogP contribution in [0.25, 0.3) is 0 Å². The van der Waals surface area contributed by atoms with E-state index in [1.165, 1.54) is 11.3 Å². The normalized spacial score (nSPS) is 11.8. The average molecular weight is 270 g/mol. The van der Waals surface area contributed by atoms with E-state index in [1.807, 2.05) is 0 Å². The van der Waals surface area contributed by atoms with Crippen molar-refractivity contribution in [1.82, 2.24) is 4.72 Å². The van der Waals surface area contributed by atoms with Gasteiger partial charge in [0.15, 0.2) is 0 Å². The highest BCUT2D eigenvalue weighted by atomic mass is 79.9. The third kappa shape index (κ3) is 2.29. The van der Waals surface area contributed by atoms with Crippen LogP contribution in [0.4, 0.5) is 0 Å². The summed E-state index contributed by atoms with van der Waals surface area (Å²) in [5.74, 6) is 0. The maximum Gasteiger partial charge on any atom is 0.250 e. The Hall–Kier alpha value is 0.0900. The lowest BCUT2D eigenvalue weighted by Crippen LogP contribution is -2.22. The highest BCUT2D eigenvalue weighted by Crippen LogP contribution is 2.25. The van der Waals surface area contributed by atoms with Gasteiger partial charge in [0.05, 0.1) is 3.79 Å². The number of hydrogen-bond acceptors (Lipinski definition) is 3. The quantitative estimate of drug-likeness (QED) is 0.910. The second-order valence-electron chi connectivity index (χ2n) is 2.06. The zero-order valence-electron chi connectivity index (χ0n) is 6.37. The molecule has 6 heteroatoms. The van der Waals surface area contributed by atoms with Crippen LogP contribution >= 0.6 is 27.3 Å². The molecule has 1 heterocycles. The summed E-state index contributed by atoms with van der Waals surface area (Å²) in [7, 11) is -3.25. The van der Waals surface area contributed by atoms with Crippen LogP contribution in [0.1, 0.15) is 6.92 Å². The monoisotopic (exact) mass is 269 g/mol. The van der Waals surface area contributed by atoms with Crippen molar-refractivity contribution in [2.24, 2.45) is 0 Å². The summed E-state index contributed by atoms with van der Waals surface area (Å²) >= 11 is 4.40. The van der Waals surface area contributed by atoms with Crippen molar-refractivity contribution in [3.05, 3.63) is 15.9 Å². The van der Waals surface area contributed by atoms with Crippen LogP contribution in [0, 0.1) is 0 Å². The van der Waals surface area contributed by atoms with Crippen LogP contribution < -0.4 is 4.72 Å². The van der Waals surface area contributed by atoms with Gasteiger partial charge in [-0.15, -0.1) is 11.3 Å². The van der Waals surface area contributed by atoms with Crippen molar-refractivity contribution in [2.45, 2.75) is 11.1 Å². The summed E-state index contributed by atoms with van der Waals surface area (Å²) in [5, 5.41) is 0. The first kappa shape index (κ1) is 10.2. The number of nitrogens with one attached hydrogen (secondary N) is 1. The molecule has 0 aliphatic carbocycles. The number of halogens is 1. The third-order valence-corrected chi connectivity index (χ3v) is 4.81. The minimum Gasteiger partial charge on any atom is -0.211 e. The highest BCUT2D eigenvalue weighted by Gasteiger charge is 2.14. The number of rotatable bonds is 3. The summed E-state index contributed by atoms with van der Waals surface area (Å²) < 4.78 is 26.2. The van der Waals surface area contributed by atoms with E-state index in [0.29, 0.717) is 10.8 Å². The molecule has 0 unspecified atom stereocenters. The van der Waals surface area contributed by atoms with E-state index < -0.39 is 10.0 Å². The Bertz CT molecular complexity index is 357. The van der Waals surface area contributed by atoms with E-state index >= 15 is 0 Å². The minimum atomic E-state index is -3.25. The molecule has 0 aliphatic rings. The molecule has 0 aromatic carbocycles. The van der Waals surface area contributed by atoms with E-state index in [0.717, 1.165) is 3.79 Å². The van der Waals surface area contributed by atoms with Crippen molar-refractivity contribution < 1.29 is 8.42 Å². The van der Waals surface area contributed by atoms with Gasteiger partial charge < -0.3 is 0 Å². The summed E-state index contributed by atoms with van der Waals surface area (Å²) in [6, 6.07) is 3.29. The van der Waals surface area contributed by atoms with Gasteiger partial charge in [-0.2, -0.15) is 0 Å². The topological polar surface area (TPSA) is 46.2 Å². The molecule has 0 aliphatic heterocycles. The molecule has 0 saturated heterocycles. The van der Waals surface area contributed by atoms with Gasteiger partial charge in [0.25, 0.3) is 0 Å². The Morgan fingerprint density at radius 2 is 2.25 bits per heavy atom. The molecule has 0 bridgehead atoms. The van der Waals surface area contributed by atoms with Crippen LogP contribution in [0.15, 0.2) is 20.1 Å². The zero-order chi connectivity index (χ0) is 9.19. The second kappa shape index (κ2) is 3.87. The molecule has 3 nitrogen and oxygen atoms in total. The Morgan fingerprint density at radius 3 is 2.67 bits per heavy atom. The number of sulfonamides is 1. The predicted octanol–water partition coefficient (Wildman–Crippen LogP) is 1.81. The first-order chi connectivity index (χ1) is 5.56. The van der Waals surface area contributed by atoms with Crippen molar-refractivity contribution in [1.29, 1.82) is 0 Å². The summed E-state index contributed by atoms with van der Waals surface area (Å²) in [6.45, 7) is 2.16. The Morgan fingerprint density at radius 1 is 1.58 bits per heavy atom. The van der Waals surface area contributed by atoms with Gasteiger partial charge in [-0.3, -0.25) is 0 Å². The molecule has 0 saturated carbocycles. The van der Waals surface area contributed by atoms with Crippen LogP contribution in [0.3, 0.4) is 0 Å². The van der Waals surface area contributed by atoms with Gasteiger partial charge in [-0.1, -0.05) is 6.92 Å². The molecule has 1 aromatic rings. The minimum absolute atomic E-state index is 0.344. The fourth-order valence-electron chi connectivity index (χ4n) is 0.703. The number of hydrogen-bond donors (Lipinski definition) is 1. The van der Waals surface area contributed by atoms with Crippen molar-refractivity contribution in [3.63, 3.8) is 0 Å². The molecular formula is C6H8BrNO2S2. The first-order valence-electron chi connectivity index (χ1n) is 3.31. The Balaban J connectivity index is 2.98. The van der Waals surface area contributed by atoms with Gasteiger partial charge in [0.1, 0.15) is 4.21 Å². The molecule has 68 valence electrons. The molecular weight excluding hydrogens is 262 g/mol. The van der Waals surface area contributed by atoms with Gasteiger partial charge in [0.2, 0.25) is 10.0 Å². The highest BCUT2D eigenvalue weighted by molar-refractivity contribution is 9.11. The van der Waals surface area contributed by atoms with Crippen molar-refractivity contribution in [3.8, 4) is 0 Å². The molecule has 0 atom stereocenters. The molecule has 0 spiro atoms. The van der Waals surface area contributed by atoms with E-state index in [1.54, 1.807) is 19.1 Å². The maximum absolute atomic E-state index is 11.3. The van der Waals surface area contributed by atoms with Crippen LogP contribution in [-0.4, -0.2) is 15.0 Å². The summed E-state index contributed by atoms with van der Waals surface area (Å²) in [4.78, 5) is 0. The summed E-state index contributed by atoms with van der Waals surface area (Å²) in [5.41, 5.74) is 0. The Kier molecular flexibility index (Phi) is 3.28. The standard InChI is InChI=1S/C6H8BrNO2S2/c1-2-8-12(9,10)6-4-3-5(7)11-6/h3-4,8H,2H2,1H3. The molecule has 1 rings (SSSR count). The van der Waals surface area contributed by atoms with Crippen LogP contribution in [0.2, 0.25) is 0 Å². The predicted molar refractivity (Wildman–Crippen MR) is 52.9 cm³/mol. The lowest BCUT2D eigenvalue weighted by atomic mass is 10.7. The lowest BCUT2D eigenvalue weighted by molar-refractivity contribution is 0.586. The molecule has 0 fully saturated rings. The number of thiophene rings is 1. The SMILES string of the molecule is CCNS(=O)(=O)c1ccc(Br)s1. The van der Waals surface area contributed by atoms with E-state index in [9.17, 15) is 8.42 Å². The molecule has 1 aromatic heterocycles. The van der Waals surface area contributed by atoms with Crippen molar-refractivity contribution >= 4 is 37.3 Å². The molecule has 12 heavy (non-hydrogen) atoms. The van der Waals surface area contributed by atoms with Crippen LogP contribution in [-0.2, 0) is 10.0 Å². The largest absolute Gasteiger partial charge is 0.250 e. The third-order valence-electron chi connectivity index (χ3n) is 1.15. The molecule has 0 radical (unpaired) electrons. The fourth-order valence-corrected chi connectivity index (χ4v) is 3.80. The fraction of sp³-hybridized carbons (Fsp3) is 0.333.